The lowest BCUT2D eigenvalue weighted by Crippen LogP contribution is -2.09. The molecule has 2 atom stereocenters. The summed E-state index contributed by atoms with van der Waals surface area (Å²) < 4.78 is 5.39. The summed E-state index contributed by atoms with van der Waals surface area (Å²) in [4.78, 5) is 12.9. The molecule has 1 heterocycles. The Bertz CT molecular complexity index is 364. The molecule has 0 aromatic heterocycles. The van der Waals surface area contributed by atoms with Crippen LogP contribution in [0.1, 0.15) is 32.6 Å². The van der Waals surface area contributed by atoms with Gasteiger partial charge in [-0.2, -0.15) is 0 Å². The third-order valence-electron chi connectivity index (χ3n) is 2.92. The molecular weight excluding hydrogens is 232 g/mol. The Morgan fingerprint density at radius 3 is 2.82 bits per heavy atom. The van der Waals surface area contributed by atoms with E-state index in [1.54, 1.807) is 11.8 Å². The average molecular weight is 250 g/mol. The van der Waals surface area contributed by atoms with Gasteiger partial charge in [0.25, 0.3) is 0 Å². The molecule has 0 aliphatic carbocycles. The first kappa shape index (κ1) is 12.5. The number of carbonyl (C=O) groups excluding carboxylic acids is 1. The van der Waals surface area contributed by atoms with Crippen LogP contribution in [0.5, 0.6) is 0 Å². The van der Waals surface area contributed by atoms with E-state index >= 15 is 0 Å². The fourth-order valence-electron chi connectivity index (χ4n) is 1.99. The maximum Gasteiger partial charge on any atom is 0.319 e. The van der Waals surface area contributed by atoms with E-state index in [1.807, 2.05) is 30.3 Å². The van der Waals surface area contributed by atoms with Crippen molar-refractivity contribution in [2.24, 2.45) is 0 Å². The van der Waals surface area contributed by atoms with Gasteiger partial charge in [-0.1, -0.05) is 38.0 Å². The minimum Gasteiger partial charge on any atom is -0.461 e. The summed E-state index contributed by atoms with van der Waals surface area (Å²) in [6.45, 7) is 2.16. The van der Waals surface area contributed by atoms with Crippen molar-refractivity contribution < 1.29 is 9.53 Å². The molecule has 0 unspecified atom stereocenters. The SMILES string of the molecule is CCCC[C@@H]1C[C@H](Sc2ccccc2)C(=O)O1. The number of hydrogen-bond acceptors (Lipinski definition) is 3. The normalized spacial score (nSPS) is 23.7. The van der Waals surface area contributed by atoms with Crippen LogP contribution in [0.25, 0.3) is 0 Å². The first-order valence-corrected chi connectivity index (χ1v) is 7.09. The Hall–Kier alpha value is -0.960. The van der Waals surface area contributed by atoms with Crippen LogP contribution in [0.4, 0.5) is 0 Å². The molecule has 0 amide bonds. The highest BCUT2D eigenvalue weighted by molar-refractivity contribution is 8.00. The summed E-state index contributed by atoms with van der Waals surface area (Å²) in [7, 11) is 0. The van der Waals surface area contributed by atoms with Gasteiger partial charge in [0.2, 0.25) is 0 Å². The van der Waals surface area contributed by atoms with E-state index in [4.69, 9.17) is 4.74 Å². The Morgan fingerprint density at radius 1 is 1.35 bits per heavy atom. The zero-order chi connectivity index (χ0) is 12.1. The fraction of sp³-hybridized carbons (Fsp3) is 0.500. The lowest BCUT2D eigenvalue weighted by atomic mass is 10.1. The number of ether oxygens (including phenoxy) is 1. The van der Waals surface area contributed by atoms with Crippen LogP contribution in [-0.2, 0) is 9.53 Å². The minimum atomic E-state index is -0.0417. The van der Waals surface area contributed by atoms with Crippen LogP contribution >= 0.6 is 11.8 Å². The Labute approximate surface area is 107 Å². The molecule has 1 fully saturated rings. The van der Waals surface area contributed by atoms with E-state index < -0.39 is 0 Å². The first-order chi connectivity index (χ1) is 8.29. The number of rotatable bonds is 5. The molecule has 0 spiro atoms. The summed E-state index contributed by atoms with van der Waals surface area (Å²) in [5.74, 6) is -0.0417. The quantitative estimate of drug-likeness (QED) is 0.746. The molecule has 1 aliphatic heterocycles. The van der Waals surface area contributed by atoms with E-state index in [0.717, 1.165) is 30.6 Å². The van der Waals surface area contributed by atoms with Crippen LogP contribution < -0.4 is 0 Å². The number of benzene rings is 1. The number of unbranched alkanes of at least 4 members (excludes halogenated alkanes) is 1. The molecule has 2 nitrogen and oxygen atoms in total. The maximum absolute atomic E-state index is 11.7. The summed E-state index contributed by atoms with van der Waals surface area (Å²) in [5, 5.41) is -0.0146. The molecule has 3 heteroatoms. The highest BCUT2D eigenvalue weighted by atomic mass is 32.2. The lowest BCUT2D eigenvalue weighted by Gasteiger charge is -2.06. The summed E-state index contributed by atoms with van der Waals surface area (Å²) in [6, 6.07) is 10.1. The van der Waals surface area contributed by atoms with Crippen LogP contribution in [0, 0.1) is 0 Å². The predicted molar refractivity (Wildman–Crippen MR) is 70.1 cm³/mol. The smallest absolute Gasteiger partial charge is 0.319 e. The number of esters is 1. The Kier molecular flexibility index (Phi) is 4.49. The van der Waals surface area contributed by atoms with E-state index in [9.17, 15) is 4.79 Å². The zero-order valence-corrected chi connectivity index (χ0v) is 10.9. The molecule has 0 N–H and O–H groups in total. The largest absolute Gasteiger partial charge is 0.461 e. The van der Waals surface area contributed by atoms with Crippen molar-refractivity contribution in [2.45, 2.75) is 48.9 Å². The number of cyclic esters (lactones) is 1. The standard InChI is InChI=1S/C14H18O2S/c1-2-3-7-11-10-13(14(15)16-11)17-12-8-5-4-6-9-12/h4-6,8-9,11,13H,2-3,7,10H2,1H3/t11-,13+/m1/s1. The van der Waals surface area contributed by atoms with Gasteiger partial charge in [0, 0.05) is 11.3 Å². The van der Waals surface area contributed by atoms with E-state index in [2.05, 4.69) is 6.92 Å². The van der Waals surface area contributed by atoms with Crippen LogP contribution in [0.2, 0.25) is 0 Å². The third-order valence-corrected chi connectivity index (χ3v) is 4.14. The maximum atomic E-state index is 11.7. The molecule has 1 aliphatic rings. The van der Waals surface area contributed by atoms with Crippen LogP contribution in [-0.4, -0.2) is 17.3 Å². The van der Waals surface area contributed by atoms with Gasteiger partial charge in [0.1, 0.15) is 11.4 Å². The lowest BCUT2D eigenvalue weighted by molar-refractivity contribution is -0.141. The Morgan fingerprint density at radius 2 is 2.12 bits per heavy atom. The van der Waals surface area contributed by atoms with Crippen molar-refractivity contribution in [1.82, 2.24) is 0 Å². The summed E-state index contributed by atoms with van der Waals surface area (Å²) in [6.07, 6.45) is 4.31. The van der Waals surface area contributed by atoms with Crippen molar-refractivity contribution in [1.29, 1.82) is 0 Å². The van der Waals surface area contributed by atoms with Crippen molar-refractivity contribution in [3.05, 3.63) is 30.3 Å². The van der Waals surface area contributed by atoms with Crippen molar-refractivity contribution in [3.8, 4) is 0 Å². The second-order valence-electron chi connectivity index (χ2n) is 4.36. The van der Waals surface area contributed by atoms with Crippen molar-refractivity contribution >= 4 is 17.7 Å². The van der Waals surface area contributed by atoms with Gasteiger partial charge in [-0.25, -0.2) is 0 Å². The fourth-order valence-corrected chi connectivity index (χ4v) is 3.10. The molecular formula is C14H18O2S. The van der Waals surface area contributed by atoms with E-state index in [1.165, 1.54) is 0 Å². The zero-order valence-electron chi connectivity index (χ0n) is 10.1. The summed E-state index contributed by atoms with van der Waals surface area (Å²) >= 11 is 1.62. The molecule has 1 aromatic carbocycles. The molecule has 2 rings (SSSR count). The van der Waals surface area contributed by atoms with Gasteiger partial charge in [-0.3, -0.25) is 4.79 Å². The van der Waals surface area contributed by atoms with Crippen LogP contribution in [0.3, 0.4) is 0 Å². The Balaban J connectivity index is 1.88. The number of thioether (sulfide) groups is 1. The highest BCUT2D eigenvalue weighted by Gasteiger charge is 2.34. The molecule has 1 aromatic rings. The van der Waals surface area contributed by atoms with Gasteiger partial charge in [0.05, 0.1) is 0 Å². The third kappa shape index (κ3) is 3.50. The summed E-state index contributed by atoms with van der Waals surface area (Å²) in [5.41, 5.74) is 0. The monoisotopic (exact) mass is 250 g/mol. The van der Waals surface area contributed by atoms with Crippen molar-refractivity contribution in [3.63, 3.8) is 0 Å². The first-order valence-electron chi connectivity index (χ1n) is 6.21. The van der Waals surface area contributed by atoms with Gasteiger partial charge in [-0.15, -0.1) is 11.8 Å². The van der Waals surface area contributed by atoms with Gasteiger partial charge in [0.15, 0.2) is 0 Å². The minimum absolute atomic E-state index is 0.0146. The van der Waals surface area contributed by atoms with E-state index in [-0.39, 0.29) is 17.3 Å². The number of carbonyl (C=O) groups is 1. The topological polar surface area (TPSA) is 26.3 Å². The second kappa shape index (κ2) is 6.10. The molecule has 1 saturated heterocycles. The molecule has 0 radical (unpaired) electrons. The molecule has 92 valence electrons. The van der Waals surface area contributed by atoms with Gasteiger partial charge >= 0.3 is 5.97 Å². The molecule has 0 bridgehead atoms. The van der Waals surface area contributed by atoms with Gasteiger partial charge in [-0.05, 0) is 18.6 Å². The van der Waals surface area contributed by atoms with Gasteiger partial charge < -0.3 is 4.74 Å². The van der Waals surface area contributed by atoms with E-state index in [0.29, 0.717) is 0 Å². The predicted octanol–water partition coefficient (Wildman–Crippen LogP) is 3.65. The second-order valence-corrected chi connectivity index (χ2v) is 5.63. The molecule has 17 heavy (non-hydrogen) atoms. The van der Waals surface area contributed by atoms with Crippen LogP contribution in [0.15, 0.2) is 35.2 Å². The number of hydrogen-bond donors (Lipinski definition) is 0. The van der Waals surface area contributed by atoms with Crippen molar-refractivity contribution in [2.75, 3.05) is 0 Å². The molecule has 0 saturated carbocycles. The highest BCUT2D eigenvalue weighted by Crippen LogP contribution is 2.33. The average Bonchev–Trinajstić information content (AvgIpc) is 2.69.